The quantitative estimate of drug-likeness (QED) is 0.625. The number of amides is 3. The lowest BCUT2D eigenvalue weighted by Gasteiger charge is -2.47. The number of likely N-dealkylation sites (tertiary alicyclic amines) is 1. The number of piperidine rings is 1. The molecule has 0 radical (unpaired) electrons. The Morgan fingerprint density at radius 3 is 2.84 bits per heavy atom. The predicted octanol–water partition coefficient (Wildman–Crippen LogP) is 2.18. The Morgan fingerprint density at radius 1 is 1.16 bits per heavy atom. The number of anilines is 1. The lowest BCUT2D eigenvalue weighted by Crippen LogP contribution is -2.56. The summed E-state index contributed by atoms with van der Waals surface area (Å²) in [4.78, 5) is 29.1. The summed E-state index contributed by atoms with van der Waals surface area (Å²) in [6.45, 7) is 5.57. The molecule has 2 atom stereocenters. The molecule has 0 spiro atoms. The van der Waals surface area contributed by atoms with Crippen molar-refractivity contribution in [3.05, 3.63) is 29.8 Å². The number of morpholine rings is 1. The number of carbonyl (C=O) groups excluding carboxylic acids is 2. The van der Waals surface area contributed by atoms with Crippen LogP contribution in [0.1, 0.15) is 44.1 Å². The smallest absolute Gasteiger partial charge is 0.317 e. The number of hydrogen-bond acceptors (Lipinski definition) is 5. The minimum absolute atomic E-state index is 0.00837. The van der Waals surface area contributed by atoms with Crippen LogP contribution in [0.15, 0.2) is 24.3 Å². The van der Waals surface area contributed by atoms with Crippen molar-refractivity contribution >= 4 is 17.6 Å². The van der Waals surface area contributed by atoms with Crippen molar-refractivity contribution in [3.8, 4) is 0 Å². The summed E-state index contributed by atoms with van der Waals surface area (Å²) < 4.78 is 5.34. The number of ether oxygens (including phenoxy) is 1. The van der Waals surface area contributed by atoms with E-state index in [1.54, 1.807) is 0 Å². The number of rotatable bonds is 6. The second-order valence-electron chi connectivity index (χ2n) is 9.35. The van der Waals surface area contributed by atoms with Gasteiger partial charge in [-0.25, -0.2) is 4.79 Å². The summed E-state index contributed by atoms with van der Waals surface area (Å²) in [5.74, 6) is 0.178. The first-order valence-corrected chi connectivity index (χ1v) is 12.0. The second kappa shape index (κ2) is 10.6. The van der Waals surface area contributed by atoms with Gasteiger partial charge in [-0.15, -0.1) is 0 Å². The summed E-state index contributed by atoms with van der Waals surface area (Å²) in [6.07, 6.45) is 5.18. The molecule has 176 valence electrons. The number of urea groups is 1. The van der Waals surface area contributed by atoms with Crippen LogP contribution in [0.5, 0.6) is 0 Å². The molecule has 8 nitrogen and oxygen atoms in total. The highest BCUT2D eigenvalue weighted by atomic mass is 16.5. The van der Waals surface area contributed by atoms with Gasteiger partial charge >= 0.3 is 6.03 Å². The Bertz CT molecular complexity index is 798. The van der Waals surface area contributed by atoms with Crippen molar-refractivity contribution in [3.63, 3.8) is 0 Å². The van der Waals surface area contributed by atoms with E-state index in [-0.39, 0.29) is 17.9 Å². The van der Waals surface area contributed by atoms with Gasteiger partial charge in [-0.3, -0.25) is 9.69 Å². The lowest BCUT2D eigenvalue weighted by atomic mass is 9.71. The Hall–Kier alpha value is -2.16. The molecule has 2 heterocycles. The first kappa shape index (κ1) is 23.0. The standard InChI is InChI=1S/C24H36N4O4/c29-22(7-10-27-12-14-32-15-13-27)26-21-6-3-4-19(16-21)17-25-23(30)28-11-9-24(31)8-2-1-5-20(24)18-28/h3-4,6,16,20,31H,1-2,5,7-15,17-18H2,(H,25,30)(H,26,29)/t20-,24-/m0/s1. The van der Waals surface area contributed by atoms with Gasteiger partial charge in [-0.1, -0.05) is 25.0 Å². The second-order valence-corrected chi connectivity index (χ2v) is 9.35. The molecule has 3 N–H and O–H groups in total. The fourth-order valence-electron chi connectivity index (χ4n) is 5.11. The molecule has 1 saturated carbocycles. The van der Waals surface area contributed by atoms with Crippen molar-refractivity contribution in [1.29, 1.82) is 0 Å². The van der Waals surface area contributed by atoms with Crippen LogP contribution >= 0.6 is 0 Å². The number of carbonyl (C=O) groups is 2. The minimum Gasteiger partial charge on any atom is -0.389 e. The average molecular weight is 445 g/mol. The summed E-state index contributed by atoms with van der Waals surface area (Å²) in [5.41, 5.74) is 1.10. The molecule has 2 aliphatic heterocycles. The van der Waals surface area contributed by atoms with Gasteiger partial charge in [0.15, 0.2) is 0 Å². The molecule has 0 unspecified atom stereocenters. The zero-order valence-corrected chi connectivity index (χ0v) is 18.9. The van der Waals surface area contributed by atoms with E-state index in [9.17, 15) is 14.7 Å². The molecule has 0 aromatic heterocycles. The molecule has 8 heteroatoms. The van der Waals surface area contributed by atoms with Crippen LogP contribution in [0.3, 0.4) is 0 Å². The number of nitrogens with one attached hydrogen (secondary N) is 2. The number of aliphatic hydroxyl groups is 1. The van der Waals surface area contributed by atoms with E-state index in [0.29, 0.717) is 32.5 Å². The highest BCUT2D eigenvalue weighted by Gasteiger charge is 2.43. The molecule has 1 aromatic carbocycles. The maximum Gasteiger partial charge on any atom is 0.317 e. The molecule has 3 amide bonds. The van der Waals surface area contributed by atoms with Gasteiger partial charge in [0.25, 0.3) is 0 Å². The fraction of sp³-hybridized carbons (Fsp3) is 0.667. The van der Waals surface area contributed by atoms with E-state index < -0.39 is 5.60 Å². The Labute approximate surface area is 190 Å². The molecule has 3 aliphatic rings. The van der Waals surface area contributed by atoms with E-state index in [1.165, 1.54) is 0 Å². The molecule has 1 aliphatic carbocycles. The molecule has 1 aromatic rings. The monoisotopic (exact) mass is 444 g/mol. The average Bonchev–Trinajstić information content (AvgIpc) is 2.81. The molecular formula is C24H36N4O4. The van der Waals surface area contributed by atoms with Crippen LogP contribution in [-0.4, -0.2) is 78.4 Å². The fourth-order valence-corrected chi connectivity index (χ4v) is 5.11. The van der Waals surface area contributed by atoms with Crippen LogP contribution in [-0.2, 0) is 16.1 Å². The van der Waals surface area contributed by atoms with Gasteiger partial charge < -0.3 is 25.4 Å². The van der Waals surface area contributed by atoms with Gasteiger partial charge in [0, 0.05) is 57.3 Å². The molecule has 4 rings (SSSR count). The van der Waals surface area contributed by atoms with E-state index in [0.717, 1.165) is 69.8 Å². The topological polar surface area (TPSA) is 94.1 Å². The molecule has 2 saturated heterocycles. The normalized spacial score (nSPS) is 26.3. The van der Waals surface area contributed by atoms with Crippen molar-refractivity contribution in [2.24, 2.45) is 5.92 Å². The minimum atomic E-state index is -0.580. The van der Waals surface area contributed by atoms with E-state index >= 15 is 0 Å². The summed E-state index contributed by atoms with van der Waals surface area (Å²) in [7, 11) is 0. The number of hydrogen-bond donors (Lipinski definition) is 3. The van der Waals surface area contributed by atoms with Crippen LogP contribution in [0, 0.1) is 5.92 Å². The summed E-state index contributed by atoms with van der Waals surface area (Å²) in [6, 6.07) is 7.52. The van der Waals surface area contributed by atoms with E-state index in [1.807, 2.05) is 29.2 Å². The van der Waals surface area contributed by atoms with Crippen LogP contribution < -0.4 is 10.6 Å². The van der Waals surface area contributed by atoms with E-state index in [4.69, 9.17) is 4.74 Å². The van der Waals surface area contributed by atoms with Crippen LogP contribution in [0.4, 0.5) is 10.5 Å². The first-order valence-electron chi connectivity index (χ1n) is 12.0. The van der Waals surface area contributed by atoms with Crippen LogP contribution in [0.2, 0.25) is 0 Å². The maximum absolute atomic E-state index is 12.7. The lowest BCUT2D eigenvalue weighted by molar-refractivity contribution is -0.116. The van der Waals surface area contributed by atoms with Gasteiger partial charge in [-0.05, 0) is 37.0 Å². The summed E-state index contributed by atoms with van der Waals surface area (Å²) in [5, 5.41) is 16.8. The zero-order valence-electron chi connectivity index (χ0n) is 18.9. The molecule has 3 fully saturated rings. The molecule has 32 heavy (non-hydrogen) atoms. The number of benzene rings is 1. The first-order chi connectivity index (χ1) is 15.5. The SMILES string of the molecule is O=C(CCN1CCOCC1)Nc1cccc(CNC(=O)N2CC[C@@]3(O)CCCC[C@H]3C2)c1. The van der Waals surface area contributed by atoms with Crippen molar-refractivity contribution < 1.29 is 19.4 Å². The van der Waals surface area contributed by atoms with Gasteiger partial charge in [0.05, 0.1) is 18.8 Å². The van der Waals surface area contributed by atoms with E-state index in [2.05, 4.69) is 15.5 Å². The largest absolute Gasteiger partial charge is 0.389 e. The predicted molar refractivity (Wildman–Crippen MR) is 122 cm³/mol. The number of fused-ring (bicyclic) bond motifs is 1. The zero-order chi connectivity index (χ0) is 22.4. The van der Waals surface area contributed by atoms with Crippen molar-refractivity contribution in [2.75, 3.05) is 51.3 Å². The third kappa shape index (κ3) is 5.99. The Balaban J connectivity index is 1.22. The Morgan fingerprint density at radius 2 is 2.00 bits per heavy atom. The highest BCUT2D eigenvalue weighted by Crippen LogP contribution is 2.39. The van der Waals surface area contributed by atoms with Crippen molar-refractivity contribution in [2.45, 2.75) is 50.7 Å². The third-order valence-corrected chi connectivity index (χ3v) is 7.13. The maximum atomic E-state index is 12.7. The van der Waals surface area contributed by atoms with Gasteiger partial charge in [0.1, 0.15) is 0 Å². The molecular weight excluding hydrogens is 408 g/mol. The third-order valence-electron chi connectivity index (χ3n) is 7.13. The highest BCUT2D eigenvalue weighted by molar-refractivity contribution is 5.90. The van der Waals surface area contributed by atoms with Gasteiger partial charge in [-0.2, -0.15) is 0 Å². The Kier molecular flexibility index (Phi) is 7.65. The van der Waals surface area contributed by atoms with Crippen molar-refractivity contribution in [1.82, 2.24) is 15.1 Å². The molecule has 0 bridgehead atoms. The van der Waals surface area contributed by atoms with Crippen LogP contribution in [0.25, 0.3) is 0 Å². The number of nitrogens with zero attached hydrogens (tertiary/aromatic N) is 2. The summed E-state index contributed by atoms with van der Waals surface area (Å²) >= 11 is 0. The van der Waals surface area contributed by atoms with Gasteiger partial charge in [0.2, 0.25) is 5.91 Å².